The van der Waals surface area contributed by atoms with E-state index in [1.807, 2.05) is 20.8 Å². The number of rotatable bonds is 5. The van der Waals surface area contributed by atoms with E-state index in [1.54, 1.807) is 70.5 Å². The van der Waals surface area contributed by atoms with Gasteiger partial charge in [0.1, 0.15) is 30.0 Å². The van der Waals surface area contributed by atoms with Gasteiger partial charge < -0.3 is 30.5 Å². The first-order valence-corrected chi connectivity index (χ1v) is 21.8. The molecule has 63 heavy (non-hydrogen) atoms. The average Bonchev–Trinajstić information content (AvgIpc) is 3.39. The first-order chi connectivity index (χ1) is 29.7. The molecule has 2 saturated heterocycles. The summed E-state index contributed by atoms with van der Waals surface area (Å²) < 4.78 is 28.6. The van der Waals surface area contributed by atoms with Crippen LogP contribution in [0.4, 0.5) is 20.2 Å². The molecule has 4 aromatic carbocycles. The van der Waals surface area contributed by atoms with Gasteiger partial charge in [0, 0.05) is 66.9 Å². The number of carbonyl (C=O) groups is 5. The number of halogens is 4. The summed E-state index contributed by atoms with van der Waals surface area (Å²) in [6, 6.07) is 17.8. The maximum Gasteiger partial charge on any atom is 0.256 e. The van der Waals surface area contributed by atoms with Gasteiger partial charge >= 0.3 is 0 Å². The minimum atomic E-state index is -0.538. The standard InChI is InChI=1S/C24H27ClFN3O2.C18H15ClFN3O2.C6H12O/c1-24(2,3)8-9-28-10-11-29-21(14-28)22(30)27-20-7-4-15(12-18(20)23(29)31)17-6-5-16(25)13-19(17)26;19-11-2-3-12(14(20)8-11)10-1-4-15-13(7-10)18(25)23-6-5-21-9-16(23)17(24)22-15;1-6(2,3)4-5-7/h4-7,12-13,21H,8-11,14H2,1-3H3,(H,27,30);1-4,7-8,16,21H,5-6,9H2,(H,22,24);5H,4H2,1-3H3. The van der Waals surface area contributed by atoms with Crippen LogP contribution in [0.2, 0.25) is 10.0 Å². The first-order valence-electron chi connectivity index (χ1n) is 21.0. The van der Waals surface area contributed by atoms with Crippen molar-refractivity contribution in [1.82, 2.24) is 20.0 Å². The lowest BCUT2D eigenvalue weighted by molar-refractivity contribution is -0.122. The van der Waals surface area contributed by atoms with Crippen LogP contribution in [0.1, 0.15) is 75.1 Å². The number of aldehydes is 1. The highest BCUT2D eigenvalue weighted by molar-refractivity contribution is 6.31. The molecule has 2 atom stereocenters. The van der Waals surface area contributed by atoms with Crippen molar-refractivity contribution >= 4 is 64.5 Å². The molecule has 3 N–H and O–H groups in total. The van der Waals surface area contributed by atoms with Crippen LogP contribution in [0, 0.1) is 22.5 Å². The van der Waals surface area contributed by atoms with Crippen LogP contribution in [0.3, 0.4) is 0 Å². The van der Waals surface area contributed by atoms with Crippen LogP contribution >= 0.6 is 23.2 Å². The molecule has 334 valence electrons. The second kappa shape index (κ2) is 19.7. The molecule has 0 aromatic heterocycles. The zero-order valence-electron chi connectivity index (χ0n) is 36.4. The summed E-state index contributed by atoms with van der Waals surface area (Å²) in [6.07, 6.45) is 2.64. The van der Waals surface area contributed by atoms with Crippen LogP contribution < -0.4 is 16.0 Å². The molecular formula is C48H54Cl2F2N6O5. The summed E-state index contributed by atoms with van der Waals surface area (Å²) in [4.78, 5) is 66.9. The third-order valence-corrected chi connectivity index (χ3v) is 11.7. The largest absolute Gasteiger partial charge is 0.324 e. The molecule has 2 fully saturated rings. The molecule has 15 heteroatoms. The summed E-state index contributed by atoms with van der Waals surface area (Å²) in [7, 11) is 0. The van der Waals surface area contributed by atoms with Crippen molar-refractivity contribution < 1.29 is 32.8 Å². The summed E-state index contributed by atoms with van der Waals surface area (Å²) in [5, 5.41) is 9.45. The molecule has 8 rings (SSSR count). The van der Waals surface area contributed by atoms with Gasteiger partial charge in [0.05, 0.1) is 22.5 Å². The van der Waals surface area contributed by atoms with Crippen LogP contribution in [-0.4, -0.2) is 103 Å². The second-order valence-electron chi connectivity index (χ2n) is 18.5. The third-order valence-electron chi connectivity index (χ3n) is 11.2. The van der Waals surface area contributed by atoms with Crippen LogP contribution in [-0.2, 0) is 14.4 Å². The normalized spacial score (nSPS) is 18.7. The highest BCUT2D eigenvalue weighted by Gasteiger charge is 2.40. The monoisotopic (exact) mass is 902 g/mol. The number of piperazine rings is 2. The van der Waals surface area contributed by atoms with Gasteiger partial charge in [-0.2, -0.15) is 0 Å². The lowest BCUT2D eigenvalue weighted by Gasteiger charge is -2.40. The van der Waals surface area contributed by atoms with Gasteiger partial charge in [-0.25, -0.2) is 8.78 Å². The van der Waals surface area contributed by atoms with E-state index in [4.69, 9.17) is 23.2 Å². The number of nitrogens with zero attached hydrogens (tertiary/aromatic N) is 3. The number of anilines is 2. The fourth-order valence-corrected chi connectivity index (χ4v) is 7.94. The molecule has 4 aliphatic rings. The topological polar surface area (TPSA) is 131 Å². The SMILES string of the molecule is CC(C)(C)CC=O.CC(C)(C)CCN1CCN2C(=O)c3cc(-c4ccc(Cl)cc4F)ccc3NC(=O)C2C1.O=C1Nc2ccc(-c3ccc(Cl)cc3F)cc2C(=O)N2CCNCC12. The summed E-state index contributed by atoms with van der Waals surface area (Å²) in [5.74, 6) is -1.75. The Kier molecular flexibility index (Phi) is 14.8. The van der Waals surface area contributed by atoms with Crippen LogP contribution in [0.5, 0.6) is 0 Å². The van der Waals surface area contributed by atoms with E-state index in [0.717, 1.165) is 25.8 Å². The van der Waals surface area contributed by atoms with Gasteiger partial charge in [0.15, 0.2) is 0 Å². The highest BCUT2D eigenvalue weighted by atomic mass is 35.5. The van der Waals surface area contributed by atoms with Gasteiger partial charge in [0.2, 0.25) is 11.8 Å². The molecule has 0 aliphatic carbocycles. The minimum absolute atomic E-state index is 0.182. The molecule has 4 aliphatic heterocycles. The maximum absolute atomic E-state index is 14.4. The van der Waals surface area contributed by atoms with E-state index in [-0.39, 0.29) is 34.5 Å². The third kappa shape index (κ3) is 11.7. The Morgan fingerprint density at radius 1 is 0.651 bits per heavy atom. The van der Waals surface area contributed by atoms with Crippen LogP contribution in [0.25, 0.3) is 22.3 Å². The Balaban J connectivity index is 0.000000185. The van der Waals surface area contributed by atoms with Gasteiger partial charge in [-0.1, -0.05) is 76.9 Å². The number of benzene rings is 4. The smallest absolute Gasteiger partial charge is 0.256 e. The summed E-state index contributed by atoms with van der Waals surface area (Å²) in [6.45, 7) is 16.9. The Hall–Kier alpha value is -5.21. The summed E-state index contributed by atoms with van der Waals surface area (Å²) in [5.41, 5.74) is 3.89. The number of fused-ring (bicyclic) bond motifs is 4. The van der Waals surface area contributed by atoms with Crippen molar-refractivity contribution in [3.05, 3.63) is 106 Å². The van der Waals surface area contributed by atoms with Crippen molar-refractivity contribution in [3.8, 4) is 22.3 Å². The quantitative estimate of drug-likeness (QED) is 0.171. The highest BCUT2D eigenvalue weighted by Crippen LogP contribution is 2.34. The minimum Gasteiger partial charge on any atom is -0.324 e. The molecule has 0 saturated carbocycles. The Labute approximate surface area is 377 Å². The van der Waals surface area contributed by atoms with Gasteiger partial charge in [-0.3, -0.25) is 24.1 Å². The predicted molar refractivity (Wildman–Crippen MR) is 244 cm³/mol. The Morgan fingerprint density at radius 3 is 1.62 bits per heavy atom. The number of nitrogens with one attached hydrogen (secondary N) is 3. The molecule has 4 amide bonds. The number of hydrogen-bond donors (Lipinski definition) is 3. The van der Waals surface area contributed by atoms with E-state index in [9.17, 15) is 32.8 Å². The second-order valence-corrected chi connectivity index (χ2v) is 19.4. The van der Waals surface area contributed by atoms with Crippen molar-refractivity contribution in [3.63, 3.8) is 0 Å². The van der Waals surface area contributed by atoms with Crippen LogP contribution in [0.15, 0.2) is 72.8 Å². The Morgan fingerprint density at radius 2 is 1.16 bits per heavy atom. The van der Waals surface area contributed by atoms with Gasteiger partial charge in [-0.15, -0.1) is 0 Å². The number of carbonyl (C=O) groups excluding carboxylic acids is 5. The number of hydrogen-bond acceptors (Lipinski definition) is 7. The predicted octanol–water partition coefficient (Wildman–Crippen LogP) is 8.79. The lowest BCUT2D eigenvalue weighted by atomic mass is 9.92. The van der Waals surface area contributed by atoms with E-state index in [1.165, 1.54) is 12.1 Å². The van der Waals surface area contributed by atoms with Crippen molar-refractivity contribution in [2.45, 2.75) is 66.5 Å². The molecule has 2 unspecified atom stereocenters. The Bertz CT molecular complexity index is 2400. The van der Waals surface area contributed by atoms with E-state index < -0.39 is 23.7 Å². The maximum atomic E-state index is 14.4. The van der Waals surface area contributed by atoms with Gasteiger partial charge in [-0.05, 0) is 95.6 Å². The molecule has 4 heterocycles. The zero-order chi connectivity index (χ0) is 45.8. The van der Waals surface area contributed by atoms with Crippen molar-refractivity contribution in [2.24, 2.45) is 10.8 Å². The van der Waals surface area contributed by atoms with E-state index in [0.29, 0.717) is 93.9 Å². The molecule has 4 aromatic rings. The van der Waals surface area contributed by atoms with Crippen molar-refractivity contribution in [1.29, 1.82) is 0 Å². The molecule has 0 bridgehead atoms. The fraction of sp³-hybridized carbons (Fsp3) is 0.396. The molecule has 0 spiro atoms. The molecule has 0 radical (unpaired) electrons. The van der Waals surface area contributed by atoms with Gasteiger partial charge in [0.25, 0.3) is 11.8 Å². The molecule has 11 nitrogen and oxygen atoms in total. The summed E-state index contributed by atoms with van der Waals surface area (Å²) >= 11 is 11.7. The first kappa shape index (κ1) is 47.3. The van der Waals surface area contributed by atoms with E-state index >= 15 is 0 Å². The average molecular weight is 904 g/mol. The lowest BCUT2D eigenvalue weighted by Crippen LogP contribution is -2.58. The van der Waals surface area contributed by atoms with Crippen molar-refractivity contribution in [2.75, 3.05) is 56.4 Å². The molecular weight excluding hydrogens is 849 g/mol. The zero-order valence-corrected chi connectivity index (χ0v) is 37.9. The fourth-order valence-electron chi connectivity index (χ4n) is 7.62. The van der Waals surface area contributed by atoms with E-state index in [2.05, 4.69) is 41.6 Å². The number of amides is 4.